The number of fused-ring (bicyclic) bond motifs is 1. The third-order valence-corrected chi connectivity index (χ3v) is 7.69. The number of nitrogen functional groups attached to an aromatic ring is 1. The highest BCUT2D eigenvalue weighted by molar-refractivity contribution is 7.93. The van der Waals surface area contributed by atoms with E-state index in [0.717, 1.165) is 34.1 Å². The van der Waals surface area contributed by atoms with Crippen LogP contribution in [0.5, 0.6) is 0 Å². The number of hydrogen-bond acceptors (Lipinski definition) is 7. The van der Waals surface area contributed by atoms with E-state index in [9.17, 15) is 18.3 Å². The molecule has 4 N–H and O–H groups in total. The Kier molecular flexibility index (Phi) is 10.7. The van der Waals surface area contributed by atoms with Crippen molar-refractivity contribution < 1.29 is 22.7 Å². The lowest BCUT2D eigenvalue weighted by Crippen LogP contribution is -2.40. The minimum Gasteiger partial charge on any atom is -0.549 e. The number of hydrogen-bond donors (Lipinski definition) is 3. The van der Waals surface area contributed by atoms with Crippen LogP contribution >= 0.6 is 24.8 Å². The van der Waals surface area contributed by atoms with E-state index in [0.29, 0.717) is 36.4 Å². The standard InChI is InChI=1S/C25H28FN5O4S.2ClH/c26-22-14-21(6-7-23(22)30-10-1-8-29-9-11-30)31(36(34,35)16-24(32)33)15-17-2-3-18-4-5-19(25(27)28)13-20(18)12-17;;/h2-7,12-14,29H,1,8-11,15-16H2,(H3,27,28)(H,32,33);2*1H/p-1. The smallest absolute Gasteiger partial charge is 0.240 e. The van der Waals surface area contributed by atoms with Crippen molar-refractivity contribution in [2.45, 2.75) is 13.0 Å². The first-order chi connectivity index (χ1) is 17.1. The van der Waals surface area contributed by atoms with Crippen LogP contribution in [-0.2, 0) is 21.4 Å². The molecule has 4 rings (SSSR count). The van der Waals surface area contributed by atoms with E-state index < -0.39 is 27.6 Å². The third-order valence-electron chi connectivity index (χ3n) is 6.08. The summed E-state index contributed by atoms with van der Waals surface area (Å²) in [5.74, 6) is -3.68. The second-order valence-corrected chi connectivity index (χ2v) is 10.6. The van der Waals surface area contributed by atoms with E-state index in [1.165, 1.54) is 12.1 Å². The van der Waals surface area contributed by atoms with Crippen molar-refractivity contribution in [3.8, 4) is 0 Å². The van der Waals surface area contributed by atoms with Gasteiger partial charge in [-0.2, -0.15) is 0 Å². The normalized spacial score (nSPS) is 13.7. The number of amidine groups is 1. The Hall–Kier alpha value is -3.12. The van der Waals surface area contributed by atoms with Gasteiger partial charge in [0.1, 0.15) is 17.4 Å². The fourth-order valence-electron chi connectivity index (χ4n) is 4.30. The zero-order valence-corrected chi connectivity index (χ0v) is 22.8. The van der Waals surface area contributed by atoms with Crippen molar-refractivity contribution in [2.75, 3.05) is 41.1 Å². The van der Waals surface area contributed by atoms with E-state index in [1.807, 2.05) is 4.90 Å². The van der Waals surface area contributed by atoms with Crippen LogP contribution < -0.4 is 25.4 Å². The minimum absolute atomic E-state index is 0. The van der Waals surface area contributed by atoms with Gasteiger partial charge in [0.25, 0.3) is 0 Å². The molecular weight excluding hydrogens is 556 g/mol. The number of rotatable bonds is 8. The molecule has 1 heterocycles. The molecule has 0 spiro atoms. The monoisotopic (exact) mass is 584 g/mol. The highest BCUT2D eigenvalue weighted by Crippen LogP contribution is 2.29. The molecule has 0 saturated carbocycles. The number of anilines is 2. The summed E-state index contributed by atoms with van der Waals surface area (Å²) in [6.45, 7) is 2.60. The quantitative estimate of drug-likeness (QED) is 0.271. The molecule has 0 aliphatic carbocycles. The maximum atomic E-state index is 15.2. The summed E-state index contributed by atoms with van der Waals surface area (Å²) in [6, 6.07) is 14.6. The number of nitrogens with one attached hydrogen (secondary N) is 2. The molecule has 0 radical (unpaired) electrons. The molecule has 0 unspecified atom stereocenters. The maximum absolute atomic E-state index is 15.2. The number of carbonyl (C=O) groups is 1. The summed E-state index contributed by atoms with van der Waals surface area (Å²) in [7, 11) is -4.38. The molecule has 1 aliphatic heterocycles. The van der Waals surface area contributed by atoms with Gasteiger partial charge in [-0.3, -0.25) is 9.71 Å². The Morgan fingerprint density at radius 2 is 1.79 bits per heavy atom. The molecule has 0 amide bonds. The topological polar surface area (TPSA) is 143 Å². The number of carboxylic acid groups (broad SMARTS) is 1. The first kappa shape index (κ1) is 31.1. The van der Waals surface area contributed by atoms with Crippen LogP contribution in [0.3, 0.4) is 0 Å². The van der Waals surface area contributed by atoms with Gasteiger partial charge in [0.05, 0.1) is 23.9 Å². The summed E-state index contributed by atoms with van der Waals surface area (Å²) < 4.78 is 42.1. The van der Waals surface area contributed by atoms with Gasteiger partial charge >= 0.3 is 0 Å². The molecule has 0 aromatic heterocycles. The summed E-state index contributed by atoms with van der Waals surface area (Å²) in [6.07, 6.45) is 0.848. The van der Waals surface area contributed by atoms with Crippen molar-refractivity contribution in [3.63, 3.8) is 0 Å². The summed E-state index contributed by atoms with van der Waals surface area (Å²) in [4.78, 5) is 13.1. The lowest BCUT2D eigenvalue weighted by Gasteiger charge is -2.27. The predicted octanol–water partition coefficient (Wildman–Crippen LogP) is 1.99. The SMILES string of the molecule is Cl.Cl.N=C(N)c1ccc2ccc(CN(c3ccc(N4CCCNCC4)c(F)c3)S(=O)(=O)CC(=O)[O-])cc2c1. The molecule has 1 aliphatic rings. The summed E-state index contributed by atoms with van der Waals surface area (Å²) in [5.41, 5.74) is 7.03. The number of benzene rings is 3. The Bertz CT molecular complexity index is 1420. The molecule has 9 nitrogen and oxygen atoms in total. The van der Waals surface area contributed by atoms with Gasteiger partial charge in [-0.05, 0) is 53.6 Å². The molecular formula is C25H29Cl2FN5O4S-. The molecule has 3 aromatic carbocycles. The van der Waals surface area contributed by atoms with Crippen molar-refractivity contribution in [1.82, 2.24) is 5.32 Å². The van der Waals surface area contributed by atoms with Crippen LogP contribution in [0.25, 0.3) is 10.8 Å². The van der Waals surface area contributed by atoms with Gasteiger partial charge in [0.15, 0.2) is 0 Å². The third kappa shape index (κ3) is 7.25. The first-order valence-electron chi connectivity index (χ1n) is 11.5. The Morgan fingerprint density at radius 1 is 1.05 bits per heavy atom. The zero-order chi connectivity index (χ0) is 25.9. The van der Waals surface area contributed by atoms with Crippen molar-refractivity contribution >= 4 is 68.8 Å². The number of aliphatic carboxylic acids is 1. The fraction of sp³-hybridized carbons (Fsp3) is 0.280. The van der Waals surface area contributed by atoms with Crippen LogP contribution in [0.2, 0.25) is 0 Å². The second-order valence-electron chi connectivity index (χ2n) is 8.67. The number of nitrogens with zero attached hydrogens (tertiary/aromatic N) is 2. The average Bonchev–Trinajstić information content (AvgIpc) is 3.10. The van der Waals surface area contributed by atoms with E-state index in [1.54, 1.807) is 36.4 Å². The number of sulfonamides is 1. The molecule has 38 heavy (non-hydrogen) atoms. The largest absolute Gasteiger partial charge is 0.549 e. The van der Waals surface area contributed by atoms with E-state index in [2.05, 4.69) is 5.32 Å². The number of carbonyl (C=O) groups excluding carboxylic acids is 1. The van der Waals surface area contributed by atoms with E-state index >= 15 is 4.39 Å². The van der Waals surface area contributed by atoms with Crippen LogP contribution in [0.15, 0.2) is 54.6 Å². The van der Waals surface area contributed by atoms with Gasteiger partial charge in [-0.1, -0.05) is 24.3 Å². The lowest BCUT2D eigenvalue weighted by molar-refractivity contribution is -0.301. The zero-order valence-electron chi connectivity index (χ0n) is 20.4. The van der Waals surface area contributed by atoms with Crippen LogP contribution in [0.4, 0.5) is 15.8 Å². The van der Waals surface area contributed by atoms with Crippen LogP contribution in [-0.4, -0.2) is 52.2 Å². The van der Waals surface area contributed by atoms with Gasteiger partial charge in [-0.15, -0.1) is 24.8 Å². The molecule has 3 aromatic rings. The minimum atomic E-state index is -4.38. The van der Waals surface area contributed by atoms with Crippen molar-refractivity contribution in [3.05, 3.63) is 71.5 Å². The maximum Gasteiger partial charge on any atom is 0.240 e. The van der Waals surface area contributed by atoms with Crippen LogP contribution in [0.1, 0.15) is 17.5 Å². The summed E-state index contributed by atoms with van der Waals surface area (Å²) >= 11 is 0. The Balaban J connectivity index is 0.00000253. The Labute approximate surface area is 233 Å². The van der Waals surface area contributed by atoms with Crippen molar-refractivity contribution in [2.24, 2.45) is 5.73 Å². The Morgan fingerprint density at radius 3 is 2.47 bits per heavy atom. The molecule has 1 saturated heterocycles. The van der Waals surface area contributed by atoms with E-state index in [-0.39, 0.29) is 42.9 Å². The fourth-order valence-corrected chi connectivity index (χ4v) is 5.53. The van der Waals surface area contributed by atoms with Crippen molar-refractivity contribution in [1.29, 1.82) is 5.41 Å². The second kappa shape index (κ2) is 13.1. The molecule has 13 heteroatoms. The van der Waals surface area contributed by atoms with E-state index in [4.69, 9.17) is 11.1 Å². The van der Waals surface area contributed by atoms with Crippen LogP contribution in [0, 0.1) is 11.2 Å². The molecule has 206 valence electrons. The highest BCUT2D eigenvalue weighted by Gasteiger charge is 2.25. The number of carboxylic acids is 1. The number of halogens is 3. The van der Waals surface area contributed by atoms with Gasteiger partial charge < -0.3 is 25.9 Å². The summed E-state index contributed by atoms with van der Waals surface area (Å²) in [5, 5.41) is 23.7. The molecule has 0 atom stereocenters. The molecule has 1 fully saturated rings. The average molecular weight is 586 g/mol. The molecule has 0 bridgehead atoms. The lowest BCUT2D eigenvalue weighted by atomic mass is 10.0. The van der Waals surface area contributed by atoms with Gasteiger partial charge in [-0.25, -0.2) is 12.8 Å². The van der Waals surface area contributed by atoms with Gasteiger partial charge in [0, 0.05) is 31.3 Å². The number of nitrogens with two attached hydrogens (primary N) is 1. The first-order valence-corrected chi connectivity index (χ1v) is 13.1. The van der Waals surface area contributed by atoms with Gasteiger partial charge in [0.2, 0.25) is 10.0 Å². The highest BCUT2D eigenvalue weighted by atomic mass is 35.5. The predicted molar refractivity (Wildman–Crippen MR) is 151 cm³/mol.